The van der Waals surface area contributed by atoms with Gasteiger partial charge in [0.1, 0.15) is 4.88 Å². The lowest BCUT2D eigenvalue weighted by Gasteiger charge is -2.19. The van der Waals surface area contributed by atoms with Crippen molar-refractivity contribution in [2.75, 3.05) is 17.7 Å². The molecule has 1 N–H and O–H groups in total. The summed E-state index contributed by atoms with van der Waals surface area (Å²) in [5, 5.41) is 12.4. The van der Waals surface area contributed by atoms with E-state index in [4.69, 9.17) is 4.74 Å². The molecule has 0 fully saturated rings. The van der Waals surface area contributed by atoms with Gasteiger partial charge in [0, 0.05) is 12.1 Å². The maximum Gasteiger partial charge on any atom is 0.350 e. The van der Waals surface area contributed by atoms with Crippen LogP contribution in [0.1, 0.15) is 48.6 Å². The number of carbonyl (C=O) groups excluding carboxylic acids is 2. The van der Waals surface area contributed by atoms with Crippen LogP contribution >= 0.6 is 23.1 Å². The number of thioether (sulfide) groups is 1. The predicted octanol–water partition coefficient (Wildman–Crippen LogP) is 5.10. The number of carbonyl (C=O) groups is 2. The van der Waals surface area contributed by atoms with Crippen molar-refractivity contribution in [1.29, 1.82) is 0 Å². The van der Waals surface area contributed by atoms with Crippen LogP contribution in [-0.2, 0) is 21.5 Å². The SMILES string of the molecule is C=CCn1c(SCC(=O)Nc2nc(C)c(C(=O)OCC)s2)nnc1-c1ccc(C(C)(C)C)cc1. The van der Waals surface area contributed by atoms with E-state index in [1.54, 1.807) is 19.9 Å². The maximum absolute atomic E-state index is 12.5. The Morgan fingerprint density at radius 1 is 1.24 bits per heavy atom. The highest BCUT2D eigenvalue weighted by Crippen LogP contribution is 2.28. The number of nitrogens with one attached hydrogen (secondary N) is 1. The summed E-state index contributed by atoms with van der Waals surface area (Å²) >= 11 is 2.38. The normalized spacial score (nSPS) is 11.3. The molecule has 0 aliphatic carbocycles. The molecule has 2 aromatic heterocycles. The average Bonchev–Trinajstić information content (AvgIpc) is 3.35. The van der Waals surface area contributed by atoms with E-state index in [1.165, 1.54) is 17.3 Å². The van der Waals surface area contributed by atoms with Crippen LogP contribution in [0.4, 0.5) is 5.13 Å². The van der Waals surface area contributed by atoms with Gasteiger partial charge >= 0.3 is 5.97 Å². The molecule has 1 amide bonds. The van der Waals surface area contributed by atoms with Crippen molar-refractivity contribution in [3.05, 3.63) is 53.1 Å². The summed E-state index contributed by atoms with van der Waals surface area (Å²) in [6, 6.07) is 8.28. The van der Waals surface area contributed by atoms with Gasteiger partial charge < -0.3 is 10.1 Å². The number of amides is 1. The molecule has 0 aliphatic rings. The minimum Gasteiger partial charge on any atom is -0.462 e. The van der Waals surface area contributed by atoms with E-state index < -0.39 is 5.97 Å². The van der Waals surface area contributed by atoms with Crippen LogP contribution in [-0.4, -0.2) is 44.0 Å². The molecule has 0 bridgehead atoms. The topological polar surface area (TPSA) is 99.0 Å². The molecule has 1 aromatic carbocycles. The summed E-state index contributed by atoms with van der Waals surface area (Å²) < 4.78 is 6.95. The first-order valence-electron chi connectivity index (χ1n) is 10.9. The number of hydrogen-bond acceptors (Lipinski definition) is 8. The van der Waals surface area contributed by atoms with E-state index in [1.807, 2.05) is 16.7 Å². The van der Waals surface area contributed by atoms with Crippen LogP contribution in [0.3, 0.4) is 0 Å². The Morgan fingerprint density at radius 2 is 1.94 bits per heavy atom. The number of esters is 1. The fourth-order valence-electron chi connectivity index (χ4n) is 3.14. The van der Waals surface area contributed by atoms with E-state index in [0.717, 1.165) is 22.7 Å². The Kier molecular flexibility index (Phi) is 8.27. The minimum absolute atomic E-state index is 0.0642. The smallest absolute Gasteiger partial charge is 0.350 e. The zero-order valence-electron chi connectivity index (χ0n) is 20.0. The molecule has 0 unspecified atom stereocenters. The van der Waals surface area contributed by atoms with E-state index in [9.17, 15) is 9.59 Å². The second-order valence-electron chi connectivity index (χ2n) is 8.52. The van der Waals surface area contributed by atoms with Crippen molar-refractivity contribution < 1.29 is 14.3 Å². The number of benzene rings is 1. The fraction of sp³-hybridized carbons (Fsp3) is 0.375. The van der Waals surface area contributed by atoms with Crippen molar-refractivity contribution in [3.8, 4) is 11.4 Å². The third-order valence-electron chi connectivity index (χ3n) is 4.87. The largest absolute Gasteiger partial charge is 0.462 e. The Labute approximate surface area is 207 Å². The van der Waals surface area contributed by atoms with Gasteiger partial charge in [-0.2, -0.15) is 0 Å². The highest BCUT2D eigenvalue weighted by Gasteiger charge is 2.19. The third-order valence-corrected chi connectivity index (χ3v) is 6.89. The summed E-state index contributed by atoms with van der Waals surface area (Å²) in [4.78, 5) is 29.1. The van der Waals surface area contributed by atoms with Crippen LogP contribution < -0.4 is 5.32 Å². The van der Waals surface area contributed by atoms with Crippen molar-refractivity contribution in [3.63, 3.8) is 0 Å². The number of aromatic nitrogens is 4. The van der Waals surface area contributed by atoms with Crippen LogP contribution in [0.5, 0.6) is 0 Å². The lowest BCUT2D eigenvalue weighted by molar-refractivity contribution is -0.113. The number of rotatable bonds is 9. The first-order valence-corrected chi connectivity index (χ1v) is 12.7. The van der Waals surface area contributed by atoms with Gasteiger partial charge in [0.05, 0.1) is 18.1 Å². The monoisotopic (exact) mass is 499 g/mol. The molecule has 10 heteroatoms. The standard InChI is InChI=1S/C24H29N5O3S2/c1-7-13-29-20(16-9-11-17(12-10-16)24(4,5)6)27-28-23(29)33-14-18(30)26-22-25-15(3)19(34-22)21(31)32-8-2/h7,9-12H,1,8,13-14H2,2-6H3,(H,25,26,30). The van der Waals surface area contributed by atoms with Crippen molar-refractivity contribution >= 4 is 40.1 Å². The molecular formula is C24H29N5O3S2. The third kappa shape index (κ3) is 6.12. The number of thiazole rings is 1. The quantitative estimate of drug-likeness (QED) is 0.248. The molecule has 2 heterocycles. The second kappa shape index (κ2) is 11.0. The molecule has 0 spiro atoms. The minimum atomic E-state index is -0.437. The number of allylic oxidation sites excluding steroid dienone is 1. The van der Waals surface area contributed by atoms with E-state index in [-0.39, 0.29) is 23.7 Å². The molecule has 3 aromatic rings. The lowest BCUT2D eigenvalue weighted by Crippen LogP contribution is -2.14. The summed E-state index contributed by atoms with van der Waals surface area (Å²) in [7, 11) is 0. The summed E-state index contributed by atoms with van der Waals surface area (Å²) in [6.07, 6.45) is 1.77. The summed E-state index contributed by atoms with van der Waals surface area (Å²) in [5.74, 6) is 0.148. The van der Waals surface area contributed by atoms with Gasteiger partial charge in [-0.3, -0.25) is 9.36 Å². The van der Waals surface area contributed by atoms with Gasteiger partial charge in [0.15, 0.2) is 16.1 Å². The van der Waals surface area contributed by atoms with E-state index >= 15 is 0 Å². The highest BCUT2D eigenvalue weighted by atomic mass is 32.2. The van der Waals surface area contributed by atoms with Gasteiger partial charge in [-0.25, -0.2) is 9.78 Å². The first kappa shape index (κ1) is 25.6. The van der Waals surface area contributed by atoms with E-state index in [0.29, 0.717) is 27.4 Å². The fourth-order valence-corrected chi connectivity index (χ4v) is 4.77. The van der Waals surface area contributed by atoms with Crippen LogP contribution in [0.15, 0.2) is 42.1 Å². The highest BCUT2D eigenvalue weighted by molar-refractivity contribution is 7.99. The molecule has 180 valence electrons. The molecule has 0 atom stereocenters. The zero-order valence-corrected chi connectivity index (χ0v) is 21.7. The molecule has 3 rings (SSSR count). The van der Waals surface area contributed by atoms with Gasteiger partial charge in [-0.05, 0) is 24.8 Å². The van der Waals surface area contributed by atoms with E-state index in [2.05, 4.69) is 60.0 Å². The van der Waals surface area contributed by atoms with Crippen LogP contribution in [0.2, 0.25) is 0 Å². The number of ether oxygens (including phenoxy) is 1. The van der Waals surface area contributed by atoms with Crippen molar-refractivity contribution in [1.82, 2.24) is 19.7 Å². The number of anilines is 1. The first-order chi connectivity index (χ1) is 16.1. The molecule has 0 radical (unpaired) electrons. The van der Waals surface area contributed by atoms with Crippen molar-refractivity contribution in [2.45, 2.75) is 51.7 Å². The molecule has 0 saturated carbocycles. The predicted molar refractivity (Wildman–Crippen MR) is 137 cm³/mol. The molecule has 34 heavy (non-hydrogen) atoms. The Morgan fingerprint density at radius 3 is 2.56 bits per heavy atom. The molecule has 0 aliphatic heterocycles. The maximum atomic E-state index is 12.5. The average molecular weight is 500 g/mol. The number of aryl methyl sites for hydroxylation is 1. The molecule has 0 saturated heterocycles. The van der Waals surface area contributed by atoms with Gasteiger partial charge in [-0.1, -0.05) is 74.2 Å². The molecular weight excluding hydrogens is 470 g/mol. The van der Waals surface area contributed by atoms with Gasteiger partial charge in [0.2, 0.25) is 5.91 Å². The molecule has 8 nitrogen and oxygen atoms in total. The van der Waals surface area contributed by atoms with Crippen LogP contribution in [0, 0.1) is 6.92 Å². The Hall–Kier alpha value is -2.98. The lowest BCUT2D eigenvalue weighted by atomic mass is 9.87. The Balaban J connectivity index is 1.70. The number of nitrogens with zero attached hydrogens (tertiary/aromatic N) is 4. The zero-order chi connectivity index (χ0) is 24.9. The number of hydrogen-bond donors (Lipinski definition) is 1. The second-order valence-corrected chi connectivity index (χ2v) is 10.5. The van der Waals surface area contributed by atoms with Crippen molar-refractivity contribution in [2.24, 2.45) is 0 Å². The summed E-state index contributed by atoms with van der Waals surface area (Å²) in [5.41, 5.74) is 2.78. The van der Waals surface area contributed by atoms with Crippen LogP contribution in [0.25, 0.3) is 11.4 Å². The summed E-state index contributed by atoms with van der Waals surface area (Å²) in [6.45, 7) is 14.6. The van der Waals surface area contributed by atoms with Gasteiger partial charge in [0.25, 0.3) is 0 Å². The van der Waals surface area contributed by atoms with Gasteiger partial charge in [-0.15, -0.1) is 16.8 Å². The Bertz CT molecular complexity index is 1180.